The van der Waals surface area contributed by atoms with Crippen molar-refractivity contribution in [1.82, 2.24) is 9.78 Å². The smallest absolute Gasteiger partial charge is 0.230 e. The molecule has 0 saturated heterocycles. The second-order valence-corrected chi connectivity index (χ2v) is 12.0. The quantitative estimate of drug-likeness (QED) is 0.303. The molecule has 3 aromatic rings. The van der Waals surface area contributed by atoms with Crippen molar-refractivity contribution in [3.05, 3.63) is 66.0 Å². The first-order valence-corrected chi connectivity index (χ1v) is 15.1. The zero-order valence-electron chi connectivity index (χ0n) is 24.0. The molecule has 0 spiro atoms. The van der Waals surface area contributed by atoms with Gasteiger partial charge in [-0.1, -0.05) is 50.5 Å². The van der Waals surface area contributed by atoms with Crippen LogP contribution >= 0.6 is 0 Å². The van der Waals surface area contributed by atoms with E-state index in [1.54, 1.807) is 7.11 Å². The second-order valence-electron chi connectivity index (χ2n) is 12.0. The number of nitrogens with one attached hydrogen (secondary N) is 1. The summed E-state index contributed by atoms with van der Waals surface area (Å²) in [5.41, 5.74) is 5.50. The first-order valence-electron chi connectivity index (χ1n) is 15.1. The Bertz CT molecular complexity index is 1250. The number of aromatic nitrogens is 2. The largest absolute Gasteiger partial charge is 0.496 e. The standard InChI is InChI=1S/C34H45N3O2/c1-4-19-37-24-30(23-35-37)28-9-8-10-31(21-28)36-33(38)34(17-6-5-7-18-34)22-26-11-13-27(14-12-26)29-15-16-32(39-3)25(2)20-29/h8-10,15-16,20-21,23-24,26-27H,4-7,11-14,17-19,22H2,1-3H3,(H,36,38). The SMILES string of the molecule is CCCn1cc(-c2cccc(NC(=O)C3(CC4CCC(c5ccc(OC)c(C)c5)CC4)CCCCC3)c2)cn1. The third-order valence-corrected chi connectivity index (χ3v) is 9.25. The molecule has 1 N–H and O–H groups in total. The molecule has 1 heterocycles. The predicted molar refractivity (Wildman–Crippen MR) is 159 cm³/mol. The van der Waals surface area contributed by atoms with E-state index in [0.29, 0.717) is 11.8 Å². The summed E-state index contributed by atoms with van der Waals surface area (Å²) < 4.78 is 7.45. The van der Waals surface area contributed by atoms with Crippen LogP contribution in [0.2, 0.25) is 0 Å². The van der Waals surface area contributed by atoms with Crippen molar-refractivity contribution in [3.63, 3.8) is 0 Å². The van der Waals surface area contributed by atoms with Gasteiger partial charge < -0.3 is 10.1 Å². The number of hydrogen-bond acceptors (Lipinski definition) is 3. The van der Waals surface area contributed by atoms with E-state index < -0.39 is 0 Å². The molecule has 39 heavy (non-hydrogen) atoms. The fourth-order valence-electron chi connectivity index (χ4n) is 7.06. The molecule has 0 bridgehead atoms. The van der Waals surface area contributed by atoms with Gasteiger partial charge in [-0.05, 0) is 105 Å². The molecular formula is C34H45N3O2. The Balaban J connectivity index is 1.24. The van der Waals surface area contributed by atoms with Crippen LogP contribution in [0.5, 0.6) is 5.75 Å². The zero-order chi connectivity index (χ0) is 27.2. The average Bonchev–Trinajstić information content (AvgIpc) is 3.43. The van der Waals surface area contributed by atoms with Gasteiger partial charge in [0.05, 0.1) is 13.3 Å². The van der Waals surface area contributed by atoms with Crippen LogP contribution in [0.1, 0.15) is 94.6 Å². The summed E-state index contributed by atoms with van der Waals surface area (Å²) in [4.78, 5) is 13.9. The van der Waals surface area contributed by atoms with Gasteiger partial charge in [0.2, 0.25) is 5.91 Å². The molecule has 2 aliphatic carbocycles. The maximum atomic E-state index is 13.9. The summed E-state index contributed by atoms with van der Waals surface area (Å²) in [6.07, 6.45) is 16.5. The van der Waals surface area contributed by atoms with E-state index in [2.05, 4.69) is 60.8 Å². The van der Waals surface area contributed by atoms with Gasteiger partial charge in [0.1, 0.15) is 5.75 Å². The molecule has 0 atom stereocenters. The fraction of sp³-hybridized carbons (Fsp3) is 0.529. The number of aryl methyl sites for hydroxylation is 2. The highest BCUT2D eigenvalue weighted by atomic mass is 16.5. The van der Waals surface area contributed by atoms with E-state index in [1.165, 1.54) is 43.2 Å². The number of carbonyl (C=O) groups excluding carboxylic acids is 1. The Kier molecular flexibility index (Phi) is 8.74. The molecule has 5 heteroatoms. The predicted octanol–water partition coefficient (Wildman–Crippen LogP) is 8.53. The Morgan fingerprint density at radius 3 is 2.56 bits per heavy atom. The van der Waals surface area contributed by atoms with E-state index >= 15 is 0 Å². The lowest BCUT2D eigenvalue weighted by atomic mass is 9.65. The third-order valence-electron chi connectivity index (χ3n) is 9.25. The molecule has 2 aromatic carbocycles. The van der Waals surface area contributed by atoms with Gasteiger partial charge in [-0.15, -0.1) is 0 Å². The summed E-state index contributed by atoms with van der Waals surface area (Å²) >= 11 is 0. The Morgan fingerprint density at radius 2 is 1.85 bits per heavy atom. The number of amides is 1. The van der Waals surface area contributed by atoms with Crippen molar-refractivity contribution in [2.24, 2.45) is 11.3 Å². The van der Waals surface area contributed by atoms with Crippen LogP contribution in [0.15, 0.2) is 54.9 Å². The fourth-order valence-corrected chi connectivity index (χ4v) is 7.06. The van der Waals surface area contributed by atoms with E-state index in [4.69, 9.17) is 4.74 Å². The van der Waals surface area contributed by atoms with E-state index in [1.807, 2.05) is 23.0 Å². The number of methoxy groups -OCH3 is 1. The minimum Gasteiger partial charge on any atom is -0.496 e. The second kappa shape index (κ2) is 12.4. The van der Waals surface area contributed by atoms with Crippen LogP contribution in [0.25, 0.3) is 11.1 Å². The first kappa shape index (κ1) is 27.5. The van der Waals surface area contributed by atoms with Crippen LogP contribution < -0.4 is 10.1 Å². The van der Waals surface area contributed by atoms with Gasteiger partial charge in [0, 0.05) is 29.4 Å². The summed E-state index contributed by atoms with van der Waals surface area (Å²) in [6.45, 7) is 5.21. The number of benzene rings is 2. The van der Waals surface area contributed by atoms with Crippen LogP contribution in [0.4, 0.5) is 5.69 Å². The van der Waals surface area contributed by atoms with E-state index in [0.717, 1.165) is 67.6 Å². The van der Waals surface area contributed by atoms with Crippen molar-refractivity contribution in [2.45, 2.75) is 96.9 Å². The van der Waals surface area contributed by atoms with Crippen LogP contribution in [-0.2, 0) is 11.3 Å². The Labute approximate surface area is 234 Å². The van der Waals surface area contributed by atoms with Crippen LogP contribution in [0, 0.1) is 18.3 Å². The van der Waals surface area contributed by atoms with Crippen molar-refractivity contribution >= 4 is 11.6 Å². The minimum absolute atomic E-state index is 0.230. The van der Waals surface area contributed by atoms with Crippen molar-refractivity contribution in [1.29, 1.82) is 0 Å². The minimum atomic E-state index is -0.242. The van der Waals surface area contributed by atoms with Crippen molar-refractivity contribution in [2.75, 3.05) is 12.4 Å². The Hall–Kier alpha value is -3.08. The molecule has 5 rings (SSSR count). The monoisotopic (exact) mass is 527 g/mol. The summed E-state index contributed by atoms with van der Waals surface area (Å²) in [7, 11) is 1.74. The molecule has 2 saturated carbocycles. The lowest BCUT2D eigenvalue weighted by molar-refractivity contribution is -0.128. The van der Waals surface area contributed by atoms with Crippen molar-refractivity contribution in [3.8, 4) is 16.9 Å². The van der Waals surface area contributed by atoms with Gasteiger partial charge in [-0.2, -0.15) is 5.10 Å². The molecule has 0 aliphatic heterocycles. The molecule has 5 nitrogen and oxygen atoms in total. The van der Waals surface area contributed by atoms with Gasteiger partial charge in [0.15, 0.2) is 0 Å². The molecular weight excluding hydrogens is 482 g/mol. The number of nitrogens with zero attached hydrogens (tertiary/aromatic N) is 2. The van der Waals surface area contributed by atoms with Gasteiger partial charge in [0.25, 0.3) is 0 Å². The van der Waals surface area contributed by atoms with Gasteiger partial charge in [-0.25, -0.2) is 0 Å². The number of rotatable bonds is 9. The summed E-state index contributed by atoms with van der Waals surface area (Å²) in [5, 5.41) is 7.84. The highest BCUT2D eigenvalue weighted by molar-refractivity contribution is 5.96. The molecule has 1 amide bonds. The number of hydrogen-bond donors (Lipinski definition) is 1. The number of ether oxygens (including phenoxy) is 1. The van der Waals surface area contributed by atoms with E-state index in [-0.39, 0.29) is 11.3 Å². The lowest BCUT2D eigenvalue weighted by Crippen LogP contribution is -2.40. The van der Waals surface area contributed by atoms with Crippen molar-refractivity contribution < 1.29 is 9.53 Å². The lowest BCUT2D eigenvalue weighted by Gasteiger charge is -2.40. The normalized spacial score (nSPS) is 20.9. The summed E-state index contributed by atoms with van der Waals surface area (Å²) in [5.74, 6) is 2.44. The van der Waals surface area contributed by atoms with Gasteiger partial charge in [-0.3, -0.25) is 9.48 Å². The maximum Gasteiger partial charge on any atom is 0.230 e. The zero-order valence-corrected chi connectivity index (χ0v) is 24.0. The Morgan fingerprint density at radius 1 is 1.05 bits per heavy atom. The number of carbonyl (C=O) groups is 1. The molecule has 0 unspecified atom stereocenters. The molecule has 208 valence electrons. The van der Waals surface area contributed by atoms with Crippen LogP contribution in [0.3, 0.4) is 0 Å². The molecule has 2 aliphatic rings. The highest BCUT2D eigenvalue weighted by Crippen LogP contribution is 2.47. The van der Waals surface area contributed by atoms with Gasteiger partial charge >= 0.3 is 0 Å². The molecule has 1 aromatic heterocycles. The molecule has 0 radical (unpaired) electrons. The topological polar surface area (TPSA) is 56.2 Å². The average molecular weight is 528 g/mol. The number of anilines is 1. The van der Waals surface area contributed by atoms with E-state index in [9.17, 15) is 4.79 Å². The first-order chi connectivity index (χ1) is 19.0. The highest BCUT2D eigenvalue weighted by Gasteiger charge is 2.42. The third kappa shape index (κ3) is 6.40. The van der Waals surface area contributed by atoms with Crippen LogP contribution in [-0.4, -0.2) is 22.8 Å². The summed E-state index contributed by atoms with van der Waals surface area (Å²) in [6, 6.07) is 14.9. The molecule has 2 fully saturated rings. The maximum absolute atomic E-state index is 13.9.